The summed E-state index contributed by atoms with van der Waals surface area (Å²) in [6.07, 6.45) is 3.56. The molecule has 1 saturated heterocycles. The minimum atomic E-state index is -3.67. The number of nitro groups is 1. The summed E-state index contributed by atoms with van der Waals surface area (Å²) in [7, 11) is -1.00. The summed E-state index contributed by atoms with van der Waals surface area (Å²) in [5.41, 5.74) is 5.28. The third-order valence-corrected chi connectivity index (χ3v) is 7.15. The van der Waals surface area contributed by atoms with E-state index in [1.807, 2.05) is 0 Å². The van der Waals surface area contributed by atoms with Gasteiger partial charge in [-0.25, -0.2) is 14.2 Å². The van der Waals surface area contributed by atoms with Gasteiger partial charge in [-0.15, -0.1) is 0 Å². The molecular formula is C27H31FN6O11S. The molecule has 1 aliphatic heterocycles. The number of aromatic carboxylic acids is 1. The van der Waals surface area contributed by atoms with Crippen LogP contribution in [0.15, 0.2) is 34.3 Å². The predicted octanol–water partition coefficient (Wildman–Crippen LogP) is 1.97. The molecule has 0 amide bonds. The summed E-state index contributed by atoms with van der Waals surface area (Å²) < 4.78 is 53.1. The van der Waals surface area contributed by atoms with Gasteiger partial charge in [0.2, 0.25) is 11.2 Å². The summed E-state index contributed by atoms with van der Waals surface area (Å²) >= 11 is 0. The van der Waals surface area contributed by atoms with E-state index in [0.29, 0.717) is 12.0 Å². The van der Waals surface area contributed by atoms with Crippen LogP contribution in [0, 0.1) is 21.8 Å². The molecular weight excluding hydrogens is 635 g/mol. The fourth-order valence-corrected chi connectivity index (χ4v) is 4.93. The first-order chi connectivity index (χ1) is 21.7. The van der Waals surface area contributed by atoms with E-state index in [0.717, 1.165) is 18.9 Å². The lowest BCUT2D eigenvalue weighted by molar-refractivity contribution is -0.386. The SMILES string of the molecule is COc1ccc(CO/N=C2\CN(c3nc4c(cc3F)c(=O)c(C(=O)O)cn4C3CC3)CC2CN)c([N+](=O)[O-])c1OC.CS(=O)(=O)O. The number of carbonyl (C=O) groups is 1. The Morgan fingerprint density at radius 3 is 2.50 bits per heavy atom. The van der Waals surface area contributed by atoms with Crippen molar-refractivity contribution in [1.82, 2.24) is 9.55 Å². The summed E-state index contributed by atoms with van der Waals surface area (Å²) in [5, 5.41) is 25.2. The van der Waals surface area contributed by atoms with Crippen molar-refractivity contribution < 1.29 is 46.5 Å². The number of ether oxygens (including phenoxy) is 2. The molecule has 1 unspecified atom stereocenters. The van der Waals surface area contributed by atoms with Crippen LogP contribution in [-0.4, -0.2) is 84.3 Å². The van der Waals surface area contributed by atoms with Crippen LogP contribution < -0.4 is 25.5 Å². The highest BCUT2D eigenvalue weighted by molar-refractivity contribution is 7.85. The minimum absolute atomic E-state index is 0.0245. The van der Waals surface area contributed by atoms with Crippen molar-refractivity contribution >= 4 is 44.3 Å². The number of anilines is 1. The first-order valence-corrected chi connectivity index (χ1v) is 15.5. The monoisotopic (exact) mass is 666 g/mol. The second kappa shape index (κ2) is 13.6. The molecule has 2 fully saturated rings. The quantitative estimate of drug-likeness (QED) is 0.159. The Kier molecular flexibility index (Phi) is 10.1. The lowest BCUT2D eigenvalue weighted by Crippen LogP contribution is -2.26. The molecule has 1 saturated carbocycles. The molecule has 0 spiro atoms. The molecule has 1 aliphatic carbocycles. The van der Waals surface area contributed by atoms with Gasteiger partial charge in [0.1, 0.15) is 17.8 Å². The Balaban J connectivity index is 0.000000892. The Morgan fingerprint density at radius 2 is 1.96 bits per heavy atom. The van der Waals surface area contributed by atoms with E-state index >= 15 is 4.39 Å². The Morgan fingerprint density at radius 1 is 1.28 bits per heavy atom. The fraction of sp³-hybridized carbons (Fsp3) is 0.407. The van der Waals surface area contributed by atoms with E-state index in [9.17, 15) is 33.2 Å². The number of nitrogens with two attached hydrogens (primary N) is 1. The lowest BCUT2D eigenvalue weighted by atomic mass is 10.1. The van der Waals surface area contributed by atoms with E-state index in [4.69, 9.17) is 24.6 Å². The fourth-order valence-electron chi connectivity index (χ4n) is 4.93. The number of nitrogens with zero attached hydrogens (tertiary/aromatic N) is 5. The van der Waals surface area contributed by atoms with Gasteiger partial charge in [-0.3, -0.25) is 19.5 Å². The van der Waals surface area contributed by atoms with Crippen molar-refractivity contribution in [1.29, 1.82) is 0 Å². The molecule has 0 radical (unpaired) electrons. The maximum atomic E-state index is 15.3. The molecule has 17 nitrogen and oxygen atoms in total. The van der Waals surface area contributed by atoms with Crippen LogP contribution in [0.25, 0.3) is 11.0 Å². The number of carboxylic acid groups (broad SMARTS) is 1. The first-order valence-electron chi connectivity index (χ1n) is 13.6. The number of benzene rings is 1. The van der Waals surface area contributed by atoms with Crippen LogP contribution in [-0.2, 0) is 21.6 Å². The largest absolute Gasteiger partial charge is 0.493 e. The third kappa shape index (κ3) is 7.49. The molecule has 3 aromatic rings. The van der Waals surface area contributed by atoms with Crippen LogP contribution in [0.5, 0.6) is 11.5 Å². The Labute approximate surface area is 260 Å². The van der Waals surface area contributed by atoms with E-state index in [-0.39, 0.29) is 77.8 Å². The summed E-state index contributed by atoms with van der Waals surface area (Å²) in [5.74, 6) is -2.39. The number of hydrogen-bond acceptors (Lipinski definition) is 13. The van der Waals surface area contributed by atoms with E-state index in [1.165, 1.54) is 32.5 Å². The summed E-state index contributed by atoms with van der Waals surface area (Å²) in [6, 6.07) is 3.99. The van der Waals surface area contributed by atoms with Crippen molar-refractivity contribution in [2.75, 3.05) is 45.0 Å². The number of rotatable bonds is 10. The Hall–Kier alpha value is -4.88. The number of fused-ring (bicyclic) bond motifs is 1. The topological polar surface area (TPSA) is 239 Å². The zero-order chi connectivity index (χ0) is 33.9. The number of methoxy groups -OCH3 is 2. The average molecular weight is 667 g/mol. The molecule has 19 heteroatoms. The predicted molar refractivity (Wildman–Crippen MR) is 162 cm³/mol. The molecule has 2 aromatic heterocycles. The van der Waals surface area contributed by atoms with E-state index in [1.54, 1.807) is 9.47 Å². The molecule has 4 N–H and O–H groups in total. The van der Waals surface area contributed by atoms with Crippen molar-refractivity contribution in [3.05, 3.63) is 61.7 Å². The second-order valence-corrected chi connectivity index (χ2v) is 11.9. The maximum absolute atomic E-state index is 15.3. The first kappa shape index (κ1) is 34.0. The number of pyridine rings is 2. The molecule has 46 heavy (non-hydrogen) atoms. The van der Waals surface area contributed by atoms with Crippen molar-refractivity contribution in [3.8, 4) is 11.5 Å². The molecule has 5 rings (SSSR count). The zero-order valence-electron chi connectivity index (χ0n) is 24.9. The lowest BCUT2D eigenvalue weighted by Gasteiger charge is -2.19. The number of nitro benzene ring substituents is 1. The normalized spacial score (nSPS) is 17.0. The van der Waals surface area contributed by atoms with Gasteiger partial charge >= 0.3 is 11.7 Å². The van der Waals surface area contributed by atoms with Gasteiger partial charge in [-0.2, -0.15) is 8.42 Å². The molecule has 1 atom stereocenters. The molecule has 3 heterocycles. The van der Waals surface area contributed by atoms with Gasteiger partial charge in [-0.1, -0.05) is 5.16 Å². The average Bonchev–Trinajstić information content (AvgIpc) is 3.75. The van der Waals surface area contributed by atoms with Crippen LogP contribution in [0.2, 0.25) is 0 Å². The number of aromatic nitrogens is 2. The van der Waals surface area contributed by atoms with Gasteiger partial charge in [0.15, 0.2) is 17.4 Å². The maximum Gasteiger partial charge on any atom is 0.341 e. The Bertz CT molecular complexity index is 1870. The van der Waals surface area contributed by atoms with E-state index in [2.05, 4.69) is 10.1 Å². The van der Waals surface area contributed by atoms with Crippen molar-refractivity contribution in [3.63, 3.8) is 0 Å². The van der Waals surface area contributed by atoms with Crippen molar-refractivity contribution in [2.24, 2.45) is 16.8 Å². The summed E-state index contributed by atoms with van der Waals surface area (Å²) in [6.45, 7) is 0.274. The molecule has 1 aromatic carbocycles. The standard InChI is InChI=1S/C26H27FN6O8.CH4O3S/c1-39-20-6-3-13(21(33(37)38)23(20)40-2)12-41-30-19-11-31(9-14(19)8-28)25-18(27)7-16-22(34)17(26(35)36)10-32(15-4-5-15)24(16)29-25;1-5(2,3)4/h3,6-7,10,14-15H,4-5,8-9,11-12,28H2,1-2H3,(H,35,36);1H3,(H,2,3,4)/b30-19+;. The third-order valence-electron chi connectivity index (χ3n) is 7.15. The van der Waals surface area contributed by atoms with E-state index < -0.39 is 37.8 Å². The molecule has 0 bridgehead atoms. The number of carboxylic acids is 1. The van der Waals surface area contributed by atoms with Crippen LogP contribution in [0.3, 0.4) is 0 Å². The van der Waals surface area contributed by atoms with Gasteiger partial charge in [0.25, 0.3) is 10.1 Å². The van der Waals surface area contributed by atoms with Crippen molar-refractivity contribution in [2.45, 2.75) is 25.5 Å². The highest BCUT2D eigenvalue weighted by Gasteiger charge is 2.34. The van der Waals surface area contributed by atoms with Gasteiger partial charge in [-0.05, 0) is 31.0 Å². The molecule has 248 valence electrons. The smallest absolute Gasteiger partial charge is 0.341 e. The minimum Gasteiger partial charge on any atom is -0.493 e. The zero-order valence-corrected chi connectivity index (χ0v) is 25.7. The number of halogens is 1. The summed E-state index contributed by atoms with van der Waals surface area (Å²) in [4.78, 5) is 47.0. The number of hydrogen-bond donors (Lipinski definition) is 3. The van der Waals surface area contributed by atoms with Gasteiger partial charge in [0, 0.05) is 31.2 Å². The highest BCUT2D eigenvalue weighted by atomic mass is 32.2. The van der Waals surface area contributed by atoms with Crippen LogP contribution in [0.4, 0.5) is 15.9 Å². The van der Waals surface area contributed by atoms with Gasteiger partial charge < -0.3 is 34.6 Å². The van der Waals surface area contributed by atoms with Gasteiger partial charge in [0.05, 0.1) is 48.6 Å². The highest BCUT2D eigenvalue weighted by Crippen LogP contribution is 2.40. The van der Waals surface area contributed by atoms with Crippen LogP contribution >= 0.6 is 0 Å². The number of oxime groups is 1. The second-order valence-electron chi connectivity index (χ2n) is 10.4. The van der Waals surface area contributed by atoms with Crippen LogP contribution in [0.1, 0.15) is 34.8 Å². The molecule has 2 aliphatic rings.